The summed E-state index contributed by atoms with van der Waals surface area (Å²) in [6.07, 6.45) is 0.602. The zero-order chi connectivity index (χ0) is 14.7. The highest BCUT2D eigenvalue weighted by atomic mass is 16.4. The van der Waals surface area contributed by atoms with Crippen molar-refractivity contribution in [2.45, 2.75) is 25.9 Å². The Morgan fingerprint density at radius 3 is 2.40 bits per heavy atom. The van der Waals surface area contributed by atoms with E-state index in [-0.39, 0.29) is 6.04 Å². The van der Waals surface area contributed by atoms with Crippen molar-refractivity contribution in [2.24, 2.45) is 0 Å². The summed E-state index contributed by atoms with van der Waals surface area (Å²) >= 11 is 0. The van der Waals surface area contributed by atoms with Gasteiger partial charge in [0, 0.05) is 6.04 Å². The number of benzene rings is 2. The van der Waals surface area contributed by atoms with Crippen molar-refractivity contribution >= 4 is 23.2 Å². The summed E-state index contributed by atoms with van der Waals surface area (Å²) in [7, 11) is 0. The third-order valence-electron chi connectivity index (χ3n) is 3.37. The van der Waals surface area contributed by atoms with Crippen LogP contribution in [0.1, 0.15) is 25.5 Å². The average Bonchev–Trinajstić information content (AvgIpc) is 2.43. The lowest BCUT2D eigenvalue weighted by Crippen LogP contribution is -2.38. The summed E-state index contributed by atoms with van der Waals surface area (Å²) in [4.78, 5) is 24.2. The maximum atomic E-state index is 11.6. The van der Waals surface area contributed by atoms with Crippen LogP contribution in [0.5, 0.6) is 0 Å². The van der Waals surface area contributed by atoms with Crippen LogP contribution in [0.25, 0.3) is 10.8 Å². The van der Waals surface area contributed by atoms with E-state index >= 15 is 0 Å². The number of hydrogen-bond donors (Lipinski definition) is 1. The lowest BCUT2D eigenvalue weighted by atomic mass is 9.97. The molecule has 0 aromatic heterocycles. The molecule has 2 aromatic rings. The van der Waals surface area contributed by atoms with Gasteiger partial charge in [-0.3, -0.25) is 4.79 Å². The Balaban J connectivity index is 2.63. The third kappa shape index (κ3) is 2.50. The first-order valence-electron chi connectivity index (χ1n) is 6.49. The van der Waals surface area contributed by atoms with Crippen LogP contribution < -0.4 is 0 Å². The molecule has 1 unspecified atom stereocenters. The van der Waals surface area contributed by atoms with Gasteiger partial charge in [-0.2, -0.15) is 0 Å². The Morgan fingerprint density at radius 1 is 1.15 bits per heavy atom. The van der Waals surface area contributed by atoms with Crippen LogP contribution in [-0.4, -0.2) is 28.4 Å². The van der Waals surface area contributed by atoms with E-state index in [1.807, 2.05) is 36.4 Å². The first-order chi connectivity index (χ1) is 9.56. The number of rotatable bonds is 5. The van der Waals surface area contributed by atoms with Crippen molar-refractivity contribution < 1.29 is 14.7 Å². The number of hydrogen-bond acceptors (Lipinski definition) is 2. The molecule has 1 atom stereocenters. The highest BCUT2D eigenvalue weighted by molar-refractivity contribution is 5.91. The molecular weight excluding hydrogens is 254 g/mol. The van der Waals surface area contributed by atoms with Gasteiger partial charge in [0.15, 0.2) is 6.04 Å². The smallest absolute Gasteiger partial charge is 0.331 e. The first kappa shape index (κ1) is 14.1. The molecular formula is C16H17NO3. The predicted octanol–water partition coefficient (Wildman–Crippen LogP) is 2.83. The zero-order valence-electron chi connectivity index (χ0n) is 11.5. The van der Waals surface area contributed by atoms with Gasteiger partial charge in [-0.15, -0.1) is 0 Å². The van der Waals surface area contributed by atoms with Crippen LogP contribution in [0.15, 0.2) is 42.5 Å². The fraction of sp³-hybridized carbons (Fsp3) is 0.250. The molecule has 4 heteroatoms. The maximum absolute atomic E-state index is 11.6. The van der Waals surface area contributed by atoms with Gasteiger partial charge < -0.3 is 10.0 Å². The van der Waals surface area contributed by atoms with Gasteiger partial charge in [-0.05, 0) is 30.2 Å². The molecule has 0 saturated carbocycles. The minimum atomic E-state index is -1.03. The largest absolute Gasteiger partial charge is 0.479 e. The van der Waals surface area contributed by atoms with Gasteiger partial charge in [0.05, 0.1) is 0 Å². The van der Waals surface area contributed by atoms with Crippen LogP contribution in [0.3, 0.4) is 0 Å². The van der Waals surface area contributed by atoms with Gasteiger partial charge in [-0.25, -0.2) is 4.79 Å². The van der Waals surface area contributed by atoms with Crippen molar-refractivity contribution in [1.29, 1.82) is 0 Å². The fourth-order valence-electron chi connectivity index (χ4n) is 2.39. The van der Waals surface area contributed by atoms with E-state index < -0.39 is 12.0 Å². The standard InChI is InChI=1S/C16H17NO3/c1-11(2)17(10-18)15(16(19)20)14-9-5-7-12-6-3-4-8-13(12)14/h3-11,15H,1-2H3,(H,19,20). The number of amides is 1. The monoisotopic (exact) mass is 271 g/mol. The molecule has 104 valence electrons. The van der Waals surface area contributed by atoms with Crippen LogP contribution in [0, 0.1) is 0 Å². The lowest BCUT2D eigenvalue weighted by molar-refractivity contribution is -0.147. The first-order valence-corrected chi connectivity index (χ1v) is 6.49. The fourth-order valence-corrected chi connectivity index (χ4v) is 2.39. The molecule has 0 saturated heterocycles. The van der Waals surface area contributed by atoms with Gasteiger partial charge in [0.2, 0.25) is 6.41 Å². The summed E-state index contributed by atoms with van der Waals surface area (Å²) in [5.41, 5.74) is 0.636. The molecule has 0 fully saturated rings. The minimum Gasteiger partial charge on any atom is -0.479 e. The Bertz CT molecular complexity index is 631. The summed E-state index contributed by atoms with van der Waals surface area (Å²) in [6, 6.07) is 11.9. The van der Waals surface area contributed by atoms with Gasteiger partial charge >= 0.3 is 5.97 Å². The number of carboxylic acid groups (broad SMARTS) is 1. The van der Waals surface area contributed by atoms with E-state index in [2.05, 4.69) is 0 Å². The second-order valence-electron chi connectivity index (χ2n) is 4.96. The molecule has 0 aliphatic carbocycles. The van der Waals surface area contributed by atoms with Crippen molar-refractivity contribution in [1.82, 2.24) is 4.90 Å². The Hall–Kier alpha value is -2.36. The molecule has 2 aromatic carbocycles. The molecule has 20 heavy (non-hydrogen) atoms. The van der Waals surface area contributed by atoms with Crippen molar-refractivity contribution in [3.63, 3.8) is 0 Å². The molecule has 0 radical (unpaired) electrons. The summed E-state index contributed by atoms with van der Waals surface area (Å²) in [6.45, 7) is 3.60. The predicted molar refractivity (Wildman–Crippen MR) is 77.4 cm³/mol. The van der Waals surface area contributed by atoms with E-state index in [0.29, 0.717) is 12.0 Å². The number of fused-ring (bicyclic) bond motifs is 1. The molecule has 1 amide bonds. The van der Waals surface area contributed by atoms with E-state index in [1.165, 1.54) is 4.90 Å². The van der Waals surface area contributed by atoms with Crippen LogP contribution in [-0.2, 0) is 9.59 Å². The van der Waals surface area contributed by atoms with Crippen molar-refractivity contribution in [3.8, 4) is 0 Å². The molecule has 0 aliphatic rings. The molecule has 0 spiro atoms. The Morgan fingerprint density at radius 2 is 1.80 bits per heavy atom. The zero-order valence-corrected chi connectivity index (χ0v) is 11.5. The minimum absolute atomic E-state index is 0.187. The summed E-state index contributed by atoms with van der Waals surface area (Å²) < 4.78 is 0. The van der Waals surface area contributed by atoms with E-state index in [1.54, 1.807) is 19.9 Å². The molecule has 4 nitrogen and oxygen atoms in total. The summed E-state index contributed by atoms with van der Waals surface area (Å²) in [5.74, 6) is -1.03. The van der Waals surface area contributed by atoms with Crippen molar-refractivity contribution in [3.05, 3.63) is 48.0 Å². The van der Waals surface area contributed by atoms with Crippen LogP contribution in [0.2, 0.25) is 0 Å². The molecule has 0 bridgehead atoms. The van der Waals surface area contributed by atoms with Crippen LogP contribution >= 0.6 is 0 Å². The molecule has 1 N–H and O–H groups in total. The van der Waals surface area contributed by atoms with E-state index in [0.717, 1.165) is 10.8 Å². The molecule has 0 heterocycles. The highest BCUT2D eigenvalue weighted by Crippen LogP contribution is 2.29. The topological polar surface area (TPSA) is 57.6 Å². The van der Waals surface area contributed by atoms with Gasteiger partial charge in [0.1, 0.15) is 0 Å². The quantitative estimate of drug-likeness (QED) is 0.851. The lowest BCUT2D eigenvalue weighted by Gasteiger charge is -2.29. The third-order valence-corrected chi connectivity index (χ3v) is 3.37. The average molecular weight is 271 g/mol. The number of aliphatic carboxylic acids is 1. The molecule has 2 rings (SSSR count). The normalized spacial score (nSPS) is 12.3. The van der Waals surface area contributed by atoms with E-state index in [4.69, 9.17) is 0 Å². The number of carbonyl (C=O) groups excluding carboxylic acids is 1. The van der Waals surface area contributed by atoms with Crippen LogP contribution in [0.4, 0.5) is 0 Å². The number of carbonyl (C=O) groups is 2. The second kappa shape index (κ2) is 5.74. The number of nitrogens with zero attached hydrogens (tertiary/aromatic N) is 1. The highest BCUT2D eigenvalue weighted by Gasteiger charge is 2.29. The molecule has 0 aliphatic heterocycles. The number of carboxylic acids is 1. The summed E-state index contributed by atoms with van der Waals surface area (Å²) in [5, 5.41) is 11.4. The Kier molecular flexibility index (Phi) is 4.03. The van der Waals surface area contributed by atoms with Crippen molar-refractivity contribution in [2.75, 3.05) is 0 Å². The SMILES string of the molecule is CC(C)N(C=O)C(C(=O)O)c1cccc2ccccc12. The van der Waals surface area contributed by atoms with Gasteiger partial charge in [0.25, 0.3) is 0 Å². The van der Waals surface area contributed by atoms with Gasteiger partial charge in [-0.1, -0.05) is 42.5 Å². The Labute approximate surface area is 117 Å². The van der Waals surface area contributed by atoms with E-state index in [9.17, 15) is 14.7 Å². The maximum Gasteiger partial charge on any atom is 0.331 e. The second-order valence-corrected chi connectivity index (χ2v) is 4.96.